The molecule has 3 rings (SSSR count). The number of phenols is 1. The Labute approximate surface area is 210 Å². The van der Waals surface area contributed by atoms with Gasteiger partial charge in [0, 0.05) is 23.2 Å². The molecule has 0 unspecified atom stereocenters. The minimum Gasteiger partial charge on any atom is -0.507 e. The van der Waals surface area contributed by atoms with Crippen LogP contribution in [0.1, 0.15) is 74.5 Å². The van der Waals surface area contributed by atoms with Crippen molar-refractivity contribution >= 4 is 33.7 Å². The van der Waals surface area contributed by atoms with Crippen LogP contribution >= 0.6 is 16.1 Å². The second-order valence-electron chi connectivity index (χ2n) is 11.1. The number of halogens is 1. The summed E-state index contributed by atoms with van der Waals surface area (Å²) in [6.07, 6.45) is 0. The minimum atomic E-state index is -0.499. The van der Waals surface area contributed by atoms with E-state index in [9.17, 15) is 14.7 Å². The molecule has 1 heterocycles. The molecule has 2 aromatic rings. The number of phenolic OH excluding ortho intramolecular Hbond substituents is 1. The topological polar surface area (TPSA) is 96.0 Å². The van der Waals surface area contributed by atoms with Crippen molar-refractivity contribution in [1.29, 1.82) is 0 Å². The summed E-state index contributed by atoms with van der Waals surface area (Å²) in [5.74, 6) is -0.524. The SMILES string of the molecule is CC(C)(C)c1cc(C(=O)CN2C[C@H](C(N)=O)[C@@H](c3ccccc3)C2=NBr)cc(C(C)(C)C)c1O. The van der Waals surface area contributed by atoms with Gasteiger partial charge in [0.05, 0.1) is 34.5 Å². The molecule has 0 radical (unpaired) electrons. The number of Topliss-reactive ketones (excluding diaryl/α,β-unsaturated/α-hetero) is 1. The first-order valence-electron chi connectivity index (χ1n) is 11.4. The molecule has 1 fully saturated rings. The summed E-state index contributed by atoms with van der Waals surface area (Å²) in [4.78, 5) is 27.7. The van der Waals surface area contributed by atoms with E-state index in [4.69, 9.17) is 5.73 Å². The van der Waals surface area contributed by atoms with Crippen LogP contribution in [0.5, 0.6) is 5.75 Å². The highest BCUT2D eigenvalue weighted by Gasteiger charge is 2.43. The number of rotatable bonds is 5. The highest BCUT2D eigenvalue weighted by molar-refractivity contribution is 9.08. The molecule has 2 atom stereocenters. The maximum atomic E-state index is 13.5. The maximum Gasteiger partial charge on any atom is 0.223 e. The predicted octanol–water partition coefficient (Wildman–Crippen LogP) is 5.08. The van der Waals surface area contributed by atoms with Crippen LogP contribution in [0, 0.1) is 5.92 Å². The molecular weight excluding hydrogens is 494 g/mol. The van der Waals surface area contributed by atoms with E-state index in [2.05, 4.69) is 20.2 Å². The van der Waals surface area contributed by atoms with Crippen LogP contribution in [0.3, 0.4) is 0 Å². The lowest BCUT2D eigenvalue weighted by Gasteiger charge is -2.28. The third kappa shape index (κ3) is 5.19. The number of ketones is 1. The Morgan fingerprint density at radius 1 is 1.06 bits per heavy atom. The molecule has 0 aliphatic carbocycles. The monoisotopic (exact) mass is 527 g/mol. The van der Waals surface area contributed by atoms with Gasteiger partial charge in [-0.2, -0.15) is 4.02 Å². The average Bonchev–Trinajstić information content (AvgIpc) is 3.11. The van der Waals surface area contributed by atoms with E-state index in [0.717, 1.165) is 16.7 Å². The molecule has 0 aromatic heterocycles. The van der Waals surface area contributed by atoms with Gasteiger partial charge in [0.2, 0.25) is 5.91 Å². The second-order valence-corrected chi connectivity index (χ2v) is 11.4. The Bertz CT molecular complexity index is 1080. The zero-order valence-corrected chi connectivity index (χ0v) is 22.3. The van der Waals surface area contributed by atoms with Crippen LogP contribution < -0.4 is 5.73 Å². The lowest BCUT2D eigenvalue weighted by Crippen LogP contribution is -2.33. The molecule has 1 aliphatic heterocycles. The van der Waals surface area contributed by atoms with Gasteiger partial charge in [0.1, 0.15) is 11.6 Å². The van der Waals surface area contributed by atoms with Crippen molar-refractivity contribution in [3.63, 3.8) is 0 Å². The maximum absolute atomic E-state index is 13.5. The zero-order valence-electron chi connectivity index (χ0n) is 20.7. The number of nitrogens with zero attached hydrogens (tertiary/aromatic N) is 2. The number of benzene rings is 2. The molecule has 34 heavy (non-hydrogen) atoms. The fourth-order valence-corrected chi connectivity index (χ4v) is 5.01. The number of aromatic hydroxyl groups is 1. The molecule has 0 spiro atoms. The Morgan fingerprint density at radius 3 is 2.03 bits per heavy atom. The van der Waals surface area contributed by atoms with E-state index in [0.29, 0.717) is 17.9 Å². The van der Waals surface area contributed by atoms with Crippen molar-refractivity contribution in [3.05, 3.63) is 64.7 Å². The number of primary amides is 1. The number of amidine groups is 1. The minimum absolute atomic E-state index is 0.0511. The van der Waals surface area contributed by atoms with E-state index in [1.54, 1.807) is 12.1 Å². The first-order chi connectivity index (χ1) is 15.8. The fourth-order valence-electron chi connectivity index (χ4n) is 4.56. The summed E-state index contributed by atoms with van der Waals surface area (Å²) >= 11 is 3.21. The smallest absolute Gasteiger partial charge is 0.223 e. The second kappa shape index (κ2) is 9.53. The summed E-state index contributed by atoms with van der Waals surface area (Å²) in [7, 11) is 0. The van der Waals surface area contributed by atoms with Gasteiger partial charge in [-0.3, -0.25) is 9.59 Å². The third-order valence-corrected chi connectivity index (χ3v) is 6.78. The Kier molecular flexibility index (Phi) is 7.27. The number of carbonyl (C=O) groups is 2. The molecular formula is C27H34BrN3O3. The number of nitrogens with two attached hydrogens (primary N) is 1. The molecule has 7 heteroatoms. The quantitative estimate of drug-likeness (QED) is 0.529. The van der Waals surface area contributed by atoms with E-state index >= 15 is 0 Å². The summed E-state index contributed by atoms with van der Waals surface area (Å²) < 4.78 is 4.29. The van der Waals surface area contributed by atoms with Gasteiger partial charge in [-0.25, -0.2) is 0 Å². The van der Waals surface area contributed by atoms with E-state index in [-0.39, 0.29) is 34.8 Å². The fraction of sp³-hybridized carbons (Fsp3) is 0.444. The molecule has 2 aromatic carbocycles. The summed E-state index contributed by atoms with van der Waals surface area (Å²) in [6, 6.07) is 13.2. The number of likely N-dealkylation sites (tertiary alicyclic amines) is 1. The van der Waals surface area contributed by atoms with Crippen LogP contribution in [0.15, 0.2) is 46.5 Å². The molecule has 1 saturated heterocycles. The van der Waals surface area contributed by atoms with Crippen LogP contribution in [0.4, 0.5) is 0 Å². The standard InChI is InChI=1S/C27H34BrN3O3/c1-26(2,3)19-12-17(13-20(23(19)33)27(4,5)6)21(32)15-31-14-18(24(29)34)22(25(31)30-28)16-10-8-7-9-11-16/h7-13,18,22,33H,14-15H2,1-6H3,(H2,29,34)/t18-,22+/m0/s1. The number of amides is 1. The van der Waals surface area contributed by atoms with Gasteiger partial charge < -0.3 is 15.7 Å². The zero-order chi connectivity index (χ0) is 25.4. The highest BCUT2D eigenvalue weighted by Crippen LogP contribution is 2.40. The lowest BCUT2D eigenvalue weighted by atomic mass is 9.78. The normalized spacial score (nSPS) is 20.1. The molecule has 0 bridgehead atoms. The van der Waals surface area contributed by atoms with Crippen LogP contribution in [0.2, 0.25) is 0 Å². The van der Waals surface area contributed by atoms with Crippen molar-refractivity contribution in [2.75, 3.05) is 13.1 Å². The summed E-state index contributed by atoms with van der Waals surface area (Å²) in [5.41, 5.74) is 7.99. The highest BCUT2D eigenvalue weighted by atomic mass is 79.9. The Hall–Kier alpha value is -2.67. The molecule has 182 valence electrons. The van der Waals surface area contributed by atoms with Crippen molar-refractivity contribution in [3.8, 4) is 5.75 Å². The van der Waals surface area contributed by atoms with Gasteiger partial charge in [-0.15, -0.1) is 0 Å². The van der Waals surface area contributed by atoms with Gasteiger partial charge in [0.15, 0.2) is 5.78 Å². The van der Waals surface area contributed by atoms with Crippen LogP contribution in [-0.2, 0) is 15.6 Å². The van der Waals surface area contributed by atoms with E-state index in [1.165, 1.54) is 0 Å². The lowest BCUT2D eigenvalue weighted by molar-refractivity contribution is -0.121. The molecule has 3 N–H and O–H groups in total. The number of hydrogen-bond donors (Lipinski definition) is 2. The summed E-state index contributed by atoms with van der Waals surface area (Å²) in [5, 5.41) is 11.0. The average molecular weight is 528 g/mol. The van der Waals surface area contributed by atoms with Gasteiger partial charge >= 0.3 is 0 Å². The van der Waals surface area contributed by atoms with E-state index in [1.807, 2.05) is 76.8 Å². The van der Waals surface area contributed by atoms with Crippen molar-refractivity contribution in [1.82, 2.24) is 4.90 Å². The van der Waals surface area contributed by atoms with Crippen molar-refractivity contribution in [2.45, 2.75) is 58.3 Å². The van der Waals surface area contributed by atoms with Crippen molar-refractivity contribution in [2.24, 2.45) is 15.7 Å². The van der Waals surface area contributed by atoms with Crippen LogP contribution in [0.25, 0.3) is 0 Å². The molecule has 0 saturated carbocycles. The number of carbonyl (C=O) groups excluding carboxylic acids is 2. The van der Waals surface area contributed by atoms with Crippen LogP contribution in [-0.4, -0.2) is 40.6 Å². The van der Waals surface area contributed by atoms with Gasteiger partial charge in [0.25, 0.3) is 0 Å². The Balaban J connectivity index is 2.00. The first kappa shape index (κ1) is 25.9. The molecule has 1 aliphatic rings. The largest absolute Gasteiger partial charge is 0.507 e. The number of hydrogen-bond acceptors (Lipinski definition) is 4. The molecule has 6 nitrogen and oxygen atoms in total. The first-order valence-corrected chi connectivity index (χ1v) is 12.2. The third-order valence-electron chi connectivity index (χ3n) is 6.41. The van der Waals surface area contributed by atoms with Gasteiger partial charge in [-0.05, 0) is 28.5 Å². The molecule has 1 amide bonds. The predicted molar refractivity (Wildman–Crippen MR) is 140 cm³/mol. The summed E-state index contributed by atoms with van der Waals surface area (Å²) in [6.45, 7) is 12.4. The van der Waals surface area contributed by atoms with E-state index < -0.39 is 11.8 Å². The Morgan fingerprint density at radius 2 is 1.59 bits per heavy atom. The van der Waals surface area contributed by atoms with Gasteiger partial charge in [-0.1, -0.05) is 71.9 Å². The van der Waals surface area contributed by atoms with Crippen molar-refractivity contribution < 1.29 is 14.7 Å².